The normalized spacial score (nSPS) is 11.0. The standard InChI is InChI=1S/C20H18N2O4/c1-14-6-5-7-16(12-14)13-25-18-9-4-3-8-17(18)10-11-19-20(22(23)24)15(2)21-26-19/h3-12H,13H2,1-2H3/b11-10-. The lowest BCUT2D eigenvalue weighted by atomic mass is 10.1. The summed E-state index contributed by atoms with van der Waals surface area (Å²) in [5.74, 6) is 0.796. The Hall–Kier alpha value is -3.41. The van der Waals surface area contributed by atoms with Crippen molar-refractivity contribution in [2.45, 2.75) is 20.5 Å². The molecule has 6 heteroatoms. The SMILES string of the molecule is Cc1cccc(COc2ccccc2/C=C\c2onc(C)c2[N+](=O)[O-])c1. The number of hydrogen-bond acceptors (Lipinski definition) is 5. The van der Waals surface area contributed by atoms with Gasteiger partial charge in [0.2, 0.25) is 5.76 Å². The lowest BCUT2D eigenvalue weighted by Gasteiger charge is -2.09. The fourth-order valence-electron chi connectivity index (χ4n) is 2.59. The zero-order valence-corrected chi connectivity index (χ0v) is 14.5. The monoisotopic (exact) mass is 350 g/mol. The number of aryl methyl sites for hydroxylation is 2. The second-order valence-electron chi connectivity index (χ2n) is 5.89. The molecule has 0 N–H and O–H groups in total. The Bertz CT molecular complexity index is 960. The maximum Gasteiger partial charge on any atom is 0.338 e. The Morgan fingerprint density at radius 1 is 1.15 bits per heavy atom. The minimum atomic E-state index is -0.494. The van der Waals surface area contributed by atoms with Gasteiger partial charge < -0.3 is 9.26 Å². The van der Waals surface area contributed by atoms with Crippen LogP contribution >= 0.6 is 0 Å². The van der Waals surface area contributed by atoms with Gasteiger partial charge >= 0.3 is 5.69 Å². The van der Waals surface area contributed by atoms with E-state index in [1.54, 1.807) is 6.08 Å². The summed E-state index contributed by atoms with van der Waals surface area (Å²) in [6.07, 6.45) is 3.26. The average molecular weight is 350 g/mol. The van der Waals surface area contributed by atoms with Crippen molar-refractivity contribution in [3.8, 4) is 5.75 Å². The number of aromatic nitrogens is 1. The van der Waals surface area contributed by atoms with Crippen LogP contribution in [0.5, 0.6) is 5.75 Å². The number of benzene rings is 2. The van der Waals surface area contributed by atoms with Crippen molar-refractivity contribution >= 4 is 17.8 Å². The molecule has 3 rings (SSSR count). The first-order valence-electron chi connectivity index (χ1n) is 8.10. The second kappa shape index (κ2) is 7.65. The van der Waals surface area contributed by atoms with E-state index in [0.29, 0.717) is 12.4 Å². The molecule has 0 amide bonds. The molecule has 0 radical (unpaired) electrons. The molecule has 1 heterocycles. The molecule has 0 atom stereocenters. The van der Waals surface area contributed by atoms with Gasteiger partial charge in [0.15, 0.2) is 5.69 Å². The van der Waals surface area contributed by atoms with E-state index in [4.69, 9.17) is 9.26 Å². The van der Waals surface area contributed by atoms with E-state index in [2.05, 4.69) is 11.2 Å². The molecule has 0 saturated carbocycles. The summed E-state index contributed by atoms with van der Waals surface area (Å²) in [6, 6.07) is 15.6. The third-order valence-corrected chi connectivity index (χ3v) is 3.85. The van der Waals surface area contributed by atoms with Crippen LogP contribution in [0, 0.1) is 24.0 Å². The summed E-state index contributed by atoms with van der Waals surface area (Å²) < 4.78 is 11.0. The van der Waals surface area contributed by atoms with Gasteiger partial charge in [-0.15, -0.1) is 0 Å². The third kappa shape index (κ3) is 3.97. The van der Waals surface area contributed by atoms with Crippen LogP contribution in [0.1, 0.15) is 28.1 Å². The van der Waals surface area contributed by atoms with Crippen LogP contribution < -0.4 is 4.74 Å². The van der Waals surface area contributed by atoms with Crippen molar-refractivity contribution in [2.75, 3.05) is 0 Å². The highest BCUT2D eigenvalue weighted by Crippen LogP contribution is 2.27. The summed E-state index contributed by atoms with van der Waals surface area (Å²) in [5.41, 5.74) is 3.17. The summed E-state index contributed by atoms with van der Waals surface area (Å²) in [5, 5.41) is 14.8. The first-order valence-corrected chi connectivity index (χ1v) is 8.10. The summed E-state index contributed by atoms with van der Waals surface area (Å²) >= 11 is 0. The van der Waals surface area contributed by atoms with Crippen LogP contribution in [0.2, 0.25) is 0 Å². The number of para-hydroxylation sites is 1. The smallest absolute Gasteiger partial charge is 0.338 e. The number of nitro groups is 1. The fourth-order valence-corrected chi connectivity index (χ4v) is 2.59. The summed E-state index contributed by atoms with van der Waals surface area (Å²) in [7, 11) is 0. The molecule has 0 aliphatic rings. The van der Waals surface area contributed by atoms with Crippen LogP contribution in [-0.4, -0.2) is 10.1 Å². The third-order valence-electron chi connectivity index (χ3n) is 3.85. The molecule has 0 aliphatic heterocycles. The first-order chi connectivity index (χ1) is 12.5. The van der Waals surface area contributed by atoms with Crippen LogP contribution in [0.25, 0.3) is 12.2 Å². The van der Waals surface area contributed by atoms with Gasteiger partial charge in [-0.3, -0.25) is 10.1 Å². The molecule has 3 aromatic rings. The van der Waals surface area contributed by atoms with E-state index < -0.39 is 4.92 Å². The highest BCUT2D eigenvalue weighted by Gasteiger charge is 2.21. The van der Waals surface area contributed by atoms with E-state index in [1.807, 2.05) is 49.4 Å². The van der Waals surface area contributed by atoms with Gasteiger partial charge in [0.1, 0.15) is 12.4 Å². The van der Waals surface area contributed by atoms with E-state index in [-0.39, 0.29) is 17.1 Å². The molecule has 2 aromatic carbocycles. The predicted molar refractivity (Wildman–Crippen MR) is 98.8 cm³/mol. The van der Waals surface area contributed by atoms with Crippen LogP contribution in [0.4, 0.5) is 5.69 Å². The number of nitrogens with zero attached hydrogens (tertiary/aromatic N) is 2. The van der Waals surface area contributed by atoms with E-state index in [1.165, 1.54) is 18.6 Å². The molecular formula is C20H18N2O4. The molecule has 0 saturated heterocycles. The van der Waals surface area contributed by atoms with Gasteiger partial charge in [0.25, 0.3) is 0 Å². The molecule has 1 aromatic heterocycles. The van der Waals surface area contributed by atoms with Gasteiger partial charge in [-0.25, -0.2) is 0 Å². The van der Waals surface area contributed by atoms with Crippen molar-refractivity contribution in [1.82, 2.24) is 5.16 Å². The zero-order valence-electron chi connectivity index (χ0n) is 14.5. The first kappa shape index (κ1) is 17.4. The Morgan fingerprint density at radius 2 is 1.96 bits per heavy atom. The van der Waals surface area contributed by atoms with E-state index in [9.17, 15) is 10.1 Å². The molecule has 6 nitrogen and oxygen atoms in total. The van der Waals surface area contributed by atoms with Crippen molar-refractivity contribution in [3.05, 3.63) is 86.8 Å². The molecule has 0 spiro atoms. The van der Waals surface area contributed by atoms with Crippen LogP contribution in [0.3, 0.4) is 0 Å². The van der Waals surface area contributed by atoms with Crippen LogP contribution in [0.15, 0.2) is 53.1 Å². The van der Waals surface area contributed by atoms with Crippen molar-refractivity contribution < 1.29 is 14.2 Å². The minimum Gasteiger partial charge on any atom is -0.488 e. The maximum absolute atomic E-state index is 11.1. The molecular weight excluding hydrogens is 332 g/mol. The molecule has 0 fully saturated rings. The second-order valence-corrected chi connectivity index (χ2v) is 5.89. The zero-order chi connectivity index (χ0) is 18.5. The Labute approximate surface area is 150 Å². The van der Waals surface area contributed by atoms with Gasteiger partial charge in [0.05, 0.1) is 4.92 Å². The summed E-state index contributed by atoms with van der Waals surface area (Å²) in [4.78, 5) is 10.6. The fraction of sp³-hybridized carbons (Fsp3) is 0.150. The molecule has 0 bridgehead atoms. The largest absolute Gasteiger partial charge is 0.488 e. The van der Waals surface area contributed by atoms with Gasteiger partial charge in [-0.05, 0) is 37.6 Å². The lowest BCUT2D eigenvalue weighted by molar-refractivity contribution is -0.386. The minimum absolute atomic E-state index is 0.112. The quantitative estimate of drug-likeness (QED) is 0.464. The predicted octanol–water partition coefficient (Wildman–Crippen LogP) is 4.95. The Kier molecular flexibility index (Phi) is 5.12. The van der Waals surface area contributed by atoms with Crippen molar-refractivity contribution in [3.63, 3.8) is 0 Å². The van der Waals surface area contributed by atoms with Crippen molar-refractivity contribution in [2.24, 2.45) is 0 Å². The number of rotatable bonds is 6. The van der Waals surface area contributed by atoms with Gasteiger partial charge in [0, 0.05) is 5.56 Å². The lowest BCUT2D eigenvalue weighted by Crippen LogP contribution is -1.97. The van der Waals surface area contributed by atoms with Crippen molar-refractivity contribution in [1.29, 1.82) is 0 Å². The van der Waals surface area contributed by atoms with Crippen LogP contribution in [-0.2, 0) is 6.61 Å². The number of ether oxygens (including phenoxy) is 1. The Balaban J connectivity index is 1.80. The van der Waals surface area contributed by atoms with Gasteiger partial charge in [-0.1, -0.05) is 53.2 Å². The molecule has 0 unspecified atom stereocenters. The van der Waals surface area contributed by atoms with Gasteiger partial charge in [-0.2, -0.15) is 0 Å². The highest BCUT2D eigenvalue weighted by molar-refractivity contribution is 5.74. The topological polar surface area (TPSA) is 78.4 Å². The number of hydrogen-bond donors (Lipinski definition) is 0. The maximum atomic E-state index is 11.1. The van der Waals surface area contributed by atoms with E-state index >= 15 is 0 Å². The molecule has 0 aliphatic carbocycles. The summed E-state index contributed by atoms with van der Waals surface area (Å²) in [6.45, 7) is 4.01. The highest BCUT2D eigenvalue weighted by atomic mass is 16.6. The molecule has 26 heavy (non-hydrogen) atoms. The average Bonchev–Trinajstić information content (AvgIpc) is 3.00. The molecule has 132 valence electrons. The van der Waals surface area contributed by atoms with E-state index in [0.717, 1.165) is 11.1 Å². The Morgan fingerprint density at radius 3 is 2.73 bits per heavy atom.